The number of aliphatic imine (C=N–C) groups is 1. The number of likely N-dealkylation sites (tertiary alicyclic amines) is 1. The fourth-order valence-corrected chi connectivity index (χ4v) is 4.35. The maximum atomic E-state index is 5.31. The van der Waals surface area contributed by atoms with Gasteiger partial charge in [-0.15, -0.1) is 35.3 Å². The number of guanidine groups is 1. The molecule has 1 aromatic heterocycles. The van der Waals surface area contributed by atoms with E-state index in [-0.39, 0.29) is 24.0 Å². The molecular weight excluding hydrogens is 483 g/mol. The van der Waals surface area contributed by atoms with Gasteiger partial charge in [-0.3, -0.25) is 9.89 Å². The highest BCUT2D eigenvalue weighted by molar-refractivity contribution is 14.0. The first kappa shape index (κ1) is 23.0. The lowest BCUT2D eigenvalue weighted by molar-refractivity contribution is 0.245. The summed E-state index contributed by atoms with van der Waals surface area (Å²) in [6.07, 6.45) is 2.55. The number of hydrogen-bond acceptors (Lipinski definition) is 4. The highest BCUT2D eigenvalue weighted by Crippen LogP contribution is 2.26. The largest absolute Gasteiger partial charge is 0.497 e. The number of nitrogens with zero attached hydrogens (tertiary/aromatic N) is 2. The van der Waals surface area contributed by atoms with Gasteiger partial charge in [0.15, 0.2) is 5.96 Å². The Morgan fingerprint density at radius 2 is 1.89 bits per heavy atom. The van der Waals surface area contributed by atoms with Gasteiger partial charge < -0.3 is 15.4 Å². The molecule has 1 aromatic carbocycles. The summed E-state index contributed by atoms with van der Waals surface area (Å²) in [6, 6.07) is 10.9. The maximum absolute atomic E-state index is 5.31. The van der Waals surface area contributed by atoms with E-state index in [4.69, 9.17) is 4.74 Å². The van der Waals surface area contributed by atoms with E-state index in [1.54, 1.807) is 18.4 Å². The molecule has 1 unspecified atom stereocenters. The quantitative estimate of drug-likeness (QED) is 0.331. The smallest absolute Gasteiger partial charge is 0.191 e. The van der Waals surface area contributed by atoms with Crippen LogP contribution >= 0.6 is 35.3 Å². The van der Waals surface area contributed by atoms with Crippen molar-refractivity contribution < 1.29 is 4.74 Å². The average Bonchev–Trinajstić information content (AvgIpc) is 3.37. The number of benzene rings is 1. The Labute approximate surface area is 189 Å². The number of halogens is 1. The SMILES string of the molecule is CN=C(NCc1sccc1C)NCC(c1ccc(OC)cc1)N1CCCC1.I. The number of methoxy groups -OCH3 is 1. The van der Waals surface area contributed by atoms with Gasteiger partial charge in [0.25, 0.3) is 0 Å². The van der Waals surface area contributed by atoms with Gasteiger partial charge in [0.2, 0.25) is 0 Å². The number of nitrogens with one attached hydrogen (secondary N) is 2. The third-order valence-electron chi connectivity index (χ3n) is 5.15. The zero-order valence-electron chi connectivity index (χ0n) is 16.9. The van der Waals surface area contributed by atoms with Crippen LogP contribution in [0.1, 0.15) is 34.9 Å². The molecule has 1 aliphatic rings. The van der Waals surface area contributed by atoms with Gasteiger partial charge >= 0.3 is 0 Å². The Kier molecular flexibility index (Phi) is 9.53. The van der Waals surface area contributed by atoms with Crippen LogP contribution in [-0.2, 0) is 6.54 Å². The van der Waals surface area contributed by atoms with E-state index < -0.39 is 0 Å². The van der Waals surface area contributed by atoms with Crippen molar-refractivity contribution in [1.82, 2.24) is 15.5 Å². The van der Waals surface area contributed by atoms with E-state index in [1.807, 2.05) is 19.2 Å². The summed E-state index contributed by atoms with van der Waals surface area (Å²) in [6.45, 7) is 6.09. The third-order valence-corrected chi connectivity index (χ3v) is 6.18. The summed E-state index contributed by atoms with van der Waals surface area (Å²) in [5, 5.41) is 9.10. The molecule has 154 valence electrons. The number of thiophene rings is 1. The highest BCUT2D eigenvalue weighted by atomic mass is 127. The maximum Gasteiger partial charge on any atom is 0.191 e. The van der Waals surface area contributed by atoms with Crippen LogP contribution in [0, 0.1) is 6.92 Å². The monoisotopic (exact) mass is 514 g/mol. The Morgan fingerprint density at radius 3 is 2.46 bits per heavy atom. The van der Waals surface area contributed by atoms with Crippen LogP contribution in [0.5, 0.6) is 5.75 Å². The summed E-state index contributed by atoms with van der Waals surface area (Å²) in [4.78, 5) is 8.31. The summed E-state index contributed by atoms with van der Waals surface area (Å²) in [7, 11) is 3.54. The predicted molar refractivity (Wildman–Crippen MR) is 129 cm³/mol. The lowest BCUT2D eigenvalue weighted by Gasteiger charge is -2.29. The molecule has 0 radical (unpaired) electrons. The van der Waals surface area contributed by atoms with E-state index in [1.165, 1.54) is 28.8 Å². The molecule has 7 heteroatoms. The molecular formula is C21H31IN4OS. The van der Waals surface area contributed by atoms with E-state index >= 15 is 0 Å². The third kappa shape index (κ3) is 6.09. The van der Waals surface area contributed by atoms with Crippen molar-refractivity contribution in [3.8, 4) is 5.75 Å². The molecule has 1 saturated heterocycles. The number of hydrogen-bond donors (Lipinski definition) is 2. The van der Waals surface area contributed by atoms with E-state index in [0.29, 0.717) is 6.04 Å². The summed E-state index contributed by atoms with van der Waals surface area (Å²) in [5.74, 6) is 1.75. The van der Waals surface area contributed by atoms with Crippen molar-refractivity contribution in [3.05, 3.63) is 51.7 Å². The van der Waals surface area contributed by atoms with E-state index in [2.05, 4.69) is 51.0 Å². The molecule has 3 rings (SSSR count). The molecule has 5 nitrogen and oxygen atoms in total. The Hall–Kier alpha value is -1.32. The molecule has 1 aliphatic heterocycles. The average molecular weight is 514 g/mol. The lowest BCUT2D eigenvalue weighted by Crippen LogP contribution is -2.42. The zero-order valence-corrected chi connectivity index (χ0v) is 20.1. The highest BCUT2D eigenvalue weighted by Gasteiger charge is 2.23. The number of aryl methyl sites for hydroxylation is 1. The minimum absolute atomic E-state index is 0. The molecule has 0 bridgehead atoms. The molecule has 0 aliphatic carbocycles. The number of rotatable bonds is 7. The van der Waals surface area contributed by atoms with Gasteiger partial charge in [0.1, 0.15) is 5.75 Å². The van der Waals surface area contributed by atoms with Crippen molar-refractivity contribution in [2.45, 2.75) is 32.4 Å². The second kappa shape index (κ2) is 11.6. The molecule has 2 aromatic rings. The molecule has 2 N–H and O–H groups in total. The van der Waals surface area contributed by atoms with Gasteiger partial charge in [0.05, 0.1) is 19.7 Å². The van der Waals surface area contributed by atoms with Crippen LogP contribution in [-0.4, -0.2) is 44.7 Å². The number of ether oxygens (including phenoxy) is 1. The molecule has 0 amide bonds. The van der Waals surface area contributed by atoms with Gasteiger partial charge in [-0.1, -0.05) is 12.1 Å². The van der Waals surface area contributed by atoms with Crippen molar-refractivity contribution in [2.75, 3.05) is 33.8 Å². The fraction of sp³-hybridized carbons (Fsp3) is 0.476. The van der Waals surface area contributed by atoms with Crippen LogP contribution in [0.3, 0.4) is 0 Å². The Balaban J connectivity index is 0.00000280. The summed E-state index contributed by atoms with van der Waals surface area (Å²) >= 11 is 1.78. The normalized spacial score (nSPS) is 15.8. The second-order valence-corrected chi connectivity index (χ2v) is 7.87. The molecule has 1 fully saturated rings. The predicted octanol–water partition coefficient (Wildman–Crippen LogP) is 4.19. The van der Waals surface area contributed by atoms with Crippen molar-refractivity contribution in [2.24, 2.45) is 4.99 Å². The van der Waals surface area contributed by atoms with Crippen LogP contribution in [0.25, 0.3) is 0 Å². The van der Waals surface area contributed by atoms with Gasteiger partial charge in [0, 0.05) is 18.5 Å². The van der Waals surface area contributed by atoms with Crippen LogP contribution in [0.2, 0.25) is 0 Å². The lowest BCUT2D eigenvalue weighted by atomic mass is 10.1. The fourth-order valence-electron chi connectivity index (χ4n) is 3.50. The molecule has 28 heavy (non-hydrogen) atoms. The first-order valence-corrected chi connectivity index (χ1v) is 10.4. The van der Waals surface area contributed by atoms with Crippen molar-refractivity contribution in [1.29, 1.82) is 0 Å². The summed E-state index contributed by atoms with van der Waals surface area (Å²) in [5.41, 5.74) is 2.64. The minimum Gasteiger partial charge on any atom is -0.497 e. The van der Waals surface area contributed by atoms with E-state index in [0.717, 1.165) is 37.9 Å². The topological polar surface area (TPSA) is 48.9 Å². The van der Waals surface area contributed by atoms with Gasteiger partial charge in [-0.25, -0.2) is 0 Å². The van der Waals surface area contributed by atoms with Crippen molar-refractivity contribution >= 4 is 41.3 Å². The second-order valence-electron chi connectivity index (χ2n) is 6.87. The molecule has 0 saturated carbocycles. The van der Waals surface area contributed by atoms with Gasteiger partial charge in [-0.2, -0.15) is 0 Å². The molecule has 1 atom stereocenters. The van der Waals surface area contributed by atoms with Crippen molar-refractivity contribution in [3.63, 3.8) is 0 Å². The molecule has 0 spiro atoms. The minimum atomic E-state index is 0. The Morgan fingerprint density at radius 1 is 1.18 bits per heavy atom. The van der Waals surface area contributed by atoms with Crippen LogP contribution < -0.4 is 15.4 Å². The Bertz CT molecular complexity index is 741. The summed E-state index contributed by atoms with van der Waals surface area (Å²) < 4.78 is 5.31. The van der Waals surface area contributed by atoms with Gasteiger partial charge in [-0.05, 0) is 67.6 Å². The molecule has 2 heterocycles. The van der Waals surface area contributed by atoms with Crippen LogP contribution in [0.4, 0.5) is 0 Å². The first-order chi connectivity index (χ1) is 13.2. The van der Waals surface area contributed by atoms with Crippen LogP contribution in [0.15, 0.2) is 40.7 Å². The first-order valence-electron chi connectivity index (χ1n) is 9.56. The standard InChI is InChI=1S/C21H30N4OS.HI/c1-16-10-13-27-20(16)15-24-21(22-2)23-14-19(25-11-4-5-12-25)17-6-8-18(26-3)9-7-17;/h6-10,13,19H,4-5,11-12,14-15H2,1-3H3,(H2,22,23,24);1H. The van der Waals surface area contributed by atoms with E-state index in [9.17, 15) is 0 Å². The zero-order chi connectivity index (χ0) is 19.1.